The largest absolute Gasteiger partial charge is 0.491 e. The van der Waals surface area contributed by atoms with E-state index in [9.17, 15) is 14.0 Å². The molecular weight excluding hydrogens is 475 g/mol. The van der Waals surface area contributed by atoms with Gasteiger partial charge in [0.25, 0.3) is 5.91 Å². The highest BCUT2D eigenvalue weighted by Crippen LogP contribution is 2.34. The Morgan fingerprint density at radius 2 is 1.97 bits per heavy atom. The molecule has 2 aromatic carbocycles. The van der Waals surface area contributed by atoms with Crippen LogP contribution in [0.5, 0.6) is 5.75 Å². The SMILES string of the molecule is CC(C)N(CC(=O)N1CCc2sccc2C1COc1ccc(F)cc1)C(=O)c1cccc(Cl)c1. The van der Waals surface area contributed by atoms with Gasteiger partial charge in [0.2, 0.25) is 5.91 Å². The molecule has 1 atom stereocenters. The summed E-state index contributed by atoms with van der Waals surface area (Å²) in [6.07, 6.45) is 0.760. The molecule has 1 aromatic heterocycles. The van der Waals surface area contributed by atoms with Crippen LogP contribution in [0.15, 0.2) is 60.0 Å². The smallest absolute Gasteiger partial charge is 0.254 e. The van der Waals surface area contributed by atoms with Gasteiger partial charge in [0.1, 0.15) is 24.7 Å². The monoisotopic (exact) mass is 500 g/mol. The number of fused-ring (bicyclic) bond motifs is 1. The van der Waals surface area contributed by atoms with E-state index in [1.807, 2.05) is 25.3 Å². The van der Waals surface area contributed by atoms with E-state index in [1.54, 1.807) is 57.5 Å². The van der Waals surface area contributed by atoms with Gasteiger partial charge in [-0.05, 0) is 79.7 Å². The lowest BCUT2D eigenvalue weighted by molar-refractivity contribution is -0.136. The lowest BCUT2D eigenvalue weighted by atomic mass is 10.00. The van der Waals surface area contributed by atoms with E-state index in [-0.39, 0.29) is 42.9 Å². The van der Waals surface area contributed by atoms with E-state index in [2.05, 4.69) is 0 Å². The zero-order valence-electron chi connectivity index (χ0n) is 19.0. The van der Waals surface area contributed by atoms with Crippen molar-refractivity contribution in [1.29, 1.82) is 0 Å². The number of thiophene rings is 1. The highest BCUT2D eigenvalue weighted by Gasteiger charge is 2.34. The molecule has 1 aliphatic heterocycles. The molecule has 5 nitrogen and oxygen atoms in total. The molecule has 1 aliphatic rings. The molecule has 1 unspecified atom stereocenters. The summed E-state index contributed by atoms with van der Waals surface area (Å²) in [7, 11) is 0. The van der Waals surface area contributed by atoms with Gasteiger partial charge in [-0.15, -0.1) is 11.3 Å². The maximum atomic E-state index is 13.5. The van der Waals surface area contributed by atoms with Crippen LogP contribution in [0.1, 0.15) is 40.7 Å². The van der Waals surface area contributed by atoms with Crippen molar-refractivity contribution in [2.75, 3.05) is 19.7 Å². The molecule has 2 heterocycles. The molecule has 0 N–H and O–H groups in total. The fraction of sp³-hybridized carbons (Fsp3) is 0.308. The second kappa shape index (κ2) is 10.6. The van der Waals surface area contributed by atoms with Crippen LogP contribution in [-0.4, -0.2) is 47.4 Å². The van der Waals surface area contributed by atoms with Crippen molar-refractivity contribution < 1.29 is 18.7 Å². The van der Waals surface area contributed by atoms with Crippen molar-refractivity contribution in [1.82, 2.24) is 9.80 Å². The highest BCUT2D eigenvalue weighted by molar-refractivity contribution is 7.10. The molecule has 0 bridgehead atoms. The summed E-state index contributed by atoms with van der Waals surface area (Å²) in [5.74, 6) is -0.178. The molecular formula is C26H26ClFN2O3S. The normalized spacial score (nSPS) is 15.2. The number of carbonyl (C=O) groups excluding carboxylic acids is 2. The molecule has 8 heteroatoms. The third-order valence-electron chi connectivity index (χ3n) is 5.90. The summed E-state index contributed by atoms with van der Waals surface area (Å²) in [6, 6.07) is 14.1. The van der Waals surface area contributed by atoms with Crippen LogP contribution < -0.4 is 4.74 Å². The van der Waals surface area contributed by atoms with E-state index in [1.165, 1.54) is 17.0 Å². The van der Waals surface area contributed by atoms with Gasteiger partial charge in [-0.1, -0.05) is 17.7 Å². The quantitative estimate of drug-likeness (QED) is 0.424. The average molecular weight is 501 g/mol. The molecule has 2 amide bonds. The molecule has 0 radical (unpaired) electrons. The first kappa shape index (κ1) is 24.2. The summed E-state index contributed by atoms with van der Waals surface area (Å²) in [5.41, 5.74) is 1.51. The minimum absolute atomic E-state index is 0.0461. The Morgan fingerprint density at radius 3 is 2.68 bits per heavy atom. The number of halogens is 2. The van der Waals surface area contributed by atoms with Gasteiger partial charge < -0.3 is 14.5 Å². The van der Waals surface area contributed by atoms with Crippen LogP contribution in [0.2, 0.25) is 5.02 Å². The Kier molecular flexibility index (Phi) is 7.54. The number of hydrogen-bond acceptors (Lipinski definition) is 4. The minimum Gasteiger partial charge on any atom is -0.491 e. The predicted molar refractivity (Wildman–Crippen MR) is 132 cm³/mol. The van der Waals surface area contributed by atoms with Crippen molar-refractivity contribution >= 4 is 34.8 Å². The Morgan fingerprint density at radius 1 is 1.21 bits per heavy atom. The number of benzene rings is 2. The van der Waals surface area contributed by atoms with E-state index < -0.39 is 0 Å². The van der Waals surface area contributed by atoms with Crippen LogP contribution >= 0.6 is 22.9 Å². The van der Waals surface area contributed by atoms with Crippen LogP contribution in [0.3, 0.4) is 0 Å². The molecule has 0 saturated carbocycles. The third-order valence-corrected chi connectivity index (χ3v) is 7.13. The summed E-state index contributed by atoms with van der Waals surface area (Å²) in [4.78, 5) is 31.3. The molecule has 0 aliphatic carbocycles. The number of amides is 2. The molecule has 0 spiro atoms. The average Bonchev–Trinajstić information content (AvgIpc) is 3.30. The van der Waals surface area contributed by atoms with Crippen LogP contribution in [-0.2, 0) is 11.2 Å². The lowest BCUT2D eigenvalue weighted by Crippen LogP contribution is -2.49. The van der Waals surface area contributed by atoms with Crippen molar-refractivity contribution in [2.45, 2.75) is 32.4 Å². The summed E-state index contributed by atoms with van der Waals surface area (Å²) < 4.78 is 19.2. The van der Waals surface area contributed by atoms with Gasteiger partial charge in [0, 0.05) is 28.0 Å². The first-order valence-electron chi connectivity index (χ1n) is 11.1. The van der Waals surface area contributed by atoms with Crippen molar-refractivity contribution in [3.05, 3.63) is 86.8 Å². The highest BCUT2D eigenvalue weighted by atomic mass is 35.5. The molecule has 0 saturated heterocycles. The van der Waals surface area contributed by atoms with E-state index in [0.717, 1.165) is 12.0 Å². The predicted octanol–water partition coefficient (Wildman–Crippen LogP) is 5.60. The standard InChI is InChI=1S/C26H26ClFN2O3S/c1-17(2)30(26(32)18-4-3-5-19(27)14-18)15-25(31)29-12-10-24-22(11-13-34-24)23(29)16-33-21-8-6-20(28)7-9-21/h3-9,11,13-14,17,23H,10,12,15-16H2,1-2H3. The van der Waals surface area contributed by atoms with E-state index in [0.29, 0.717) is 22.9 Å². The number of nitrogens with zero attached hydrogens (tertiary/aromatic N) is 2. The first-order chi connectivity index (χ1) is 16.3. The fourth-order valence-corrected chi connectivity index (χ4v) is 5.21. The van der Waals surface area contributed by atoms with Crippen molar-refractivity contribution in [2.24, 2.45) is 0 Å². The molecule has 0 fully saturated rings. The van der Waals surface area contributed by atoms with E-state index in [4.69, 9.17) is 16.3 Å². The van der Waals surface area contributed by atoms with Crippen molar-refractivity contribution in [3.8, 4) is 5.75 Å². The first-order valence-corrected chi connectivity index (χ1v) is 12.4. The second-order valence-corrected chi connectivity index (χ2v) is 9.89. The summed E-state index contributed by atoms with van der Waals surface area (Å²) in [5, 5.41) is 2.49. The molecule has 178 valence electrons. The van der Waals surface area contributed by atoms with Crippen LogP contribution in [0.4, 0.5) is 4.39 Å². The maximum absolute atomic E-state index is 13.5. The Hall–Kier alpha value is -2.90. The van der Waals surface area contributed by atoms with Gasteiger partial charge in [-0.2, -0.15) is 0 Å². The summed E-state index contributed by atoms with van der Waals surface area (Å²) >= 11 is 7.74. The third kappa shape index (κ3) is 5.42. The lowest BCUT2D eigenvalue weighted by Gasteiger charge is -2.37. The van der Waals surface area contributed by atoms with Gasteiger partial charge in [0.05, 0.1) is 6.04 Å². The Labute approximate surface area is 207 Å². The van der Waals surface area contributed by atoms with E-state index >= 15 is 0 Å². The van der Waals surface area contributed by atoms with Gasteiger partial charge in [-0.3, -0.25) is 9.59 Å². The Balaban J connectivity index is 1.53. The van der Waals surface area contributed by atoms with Crippen LogP contribution in [0.25, 0.3) is 0 Å². The van der Waals surface area contributed by atoms with Gasteiger partial charge >= 0.3 is 0 Å². The molecule has 34 heavy (non-hydrogen) atoms. The number of hydrogen-bond donors (Lipinski definition) is 0. The molecule has 4 rings (SSSR count). The van der Waals surface area contributed by atoms with Crippen molar-refractivity contribution in [3.63, 3.8) is 0 Å². The fourth-order valence-electron chi connectivity index (χ4n) is 4.09. The zero-order chi connectivity index (χ0) is 24.2. The second-order valence-electron chi connectivity index (χ2n) is 8.45. The van der Waals surface area contributed by atoms with Gasteiger partial charge in [-0.25, -0.2) is 4.39 Å². The maximum Gasteiger partial charge on any atom is 0.254 e. The van der Waals surface area contributed by atoms with Crippen LogP contribution in [0, 0.1) is 5.82 Å². The Bertz CT molecular complexity index is 1160. The minimum atomic E-state index is -0.333. The number of rotatable bonds is 7. The number of ether oxygens (including phenoxy) is 1. The zero-order valence-corrected chi connectivity index (χ0v) is 20.6. The number of carbonyl (C=O) groups is 2. The topological polar surface area (TPSA) is 49.9 Å². The summed E-state index contributed by atoms with van der Waals surface area (Å²) in [6.45, 7) is 4.51. The van der Waals surface area contributed by atoms with Gasteiger partial charge in [0.15, 0.2) is 0 Å². The molecule has 3 aromatic rings.